The molecule has 0 saturated carbocycles. The van der Waals surface area contributed by atoms with Crippen LogP contribution in [0, 0.1) is 22.7 Å². The van der Waals surface area contributed by atoms with Gasteiger partial charge in [0.25, 0.3) is 0 Å². The Morgan fingerprint density at radius 2 is 2.00 bits per heavy atom. The molecule has 0 atom stereocenters. The Kier molecular flexibility index (Phi) is 7.52. The minimum Gasteiger partial charge on any atom is -0.383 e. The SMILES string of the molecule is COCCN(CCC#N)CC(=O)Nc1ccc(C#N)cc1. The summed E-state index contributed by atoms with van der Waals surface area (Å²) in [6, 6.07) is 10.8. The molecule has 0 bridgehead atoms. The van der Waals surface area contributed by atoms with Crippen molar-refractivity contribution in [1.29, 1.82) is 10.5 Å². The van der Waals surface area contributed by atoms with E-state index in [2.05, 4.69) is 11.4 Å². The summed E-state index contributed by atoms with van der Waals surface area (Å²) in [5.74, 6) is -0.159. The zero-order chi connectivity index (χ0) is 15.5. The average molecular weight is 286 g/mol. The number of hydrogen-bond acceptors (Lipinski definition) is 5. The predicted molar refractivity (Wildman–Crippen MR) is 78.3 cm³/mol. The Labute approximate surface area is 124 Å². The number of carbonyl (C=O) groups is 1. The van der Waals surface area contributed by atoms with Gasteiger partial charge in [0.2, 0.25) is 5.91 Å². The van der Waals surface area contributed by atoms with Crippen LogP contribution < -0.4 is 5.32 Å². The summed E-state index contributed by atoms with van der Waals surface area (Å²) in [6.07, 6.45) is 0.369. The number of hydrogen-bond donors (Lipinski definition) is 1. The summed E-state index contributed by atoms with van der Waals surface area (Å²) in [6.45, 7) is 1.83. The molecule has 1 N–H and O–H groups in total. The molecule has 1 aromatic rings. The van der Waals surface area contributed by atoms with E-state index >= 15 is 0 Å². The fraction of sp³-hybridized carbons (Fsp3) is 0.400. The first-order valence-electron chi connectivity index (χ1n) is 6.58. The summed E-state index contributed by atoms with van der Waals surface area (Å²) in [4.78, 5) is 13.8. The van der Waals surface area contributed by atoms with Crippen LogP contribution in [0.2, 0.25) is 0 Å². The maximum atomic E-state index is 12.0. The second-order valence-corrected chi connectivity index (χ2v) is 4.41. The molecule has 0 aliphatic heterocycles. The first-order valence-corrected chi connectivity index (χ1v) is 6.58. The number of methoxy groups -OCH3 is 1. The molecule has 110 valence electrons. The number of rotatable bonds is 8. The summed E-state index contributed by atoms with van der Waals surface area (Å²) in [5, 5.41) is 20.1. The Morgan fingerprint density at radius 3 is 2.57 bits per heavy atom. The number of nitriles is 2. The molecule has 0 fully saturated rings. The second kappa shape index (κ2) is 9.49. The molecular weight excluding hydrogens is 268 g/mol. The van der Waals surface area contributed by atoms with Gasteiger partial charge in [0.15, 0.2) is 0 Å². The molecule has 0 radical (unpaired) electrons. The van der Waals surface area contributed by atoms with Crippen LogP contribution >= 0.6 is 0 Å². The van der Waals surface area contributed by atoms with Gasteiger partial charge in [0.05, 0.1) is 30.9 Å². The molecule has 0 unspecified atom stereocenters. The molecule has 0 aliphatic carbocycles. The topological polar surface area (TPSA) is 89.2 Å². The highest BCUT2D eigenvalue weighted by Gasteiger charge is 2.10. The van der Waals surface area contributed by atoms with Crippen LogP contribution in [0.25, 0.3) is 0 Å². The quantitative estimate of drug-likeness (QED) is 0.779. The van der Waals surface area contributed by atoms with Gasteiger partial charge in [-0.25, -0.2) is 0 Å². The van der Waals surface area contributed by atoms with E-state index in [4.69, 9.17) is 15.3 Å². The molecule has 0 spiro atoms. The Morgan fingerprint density at radius 1 is 1.29 bits per heavy atom. The van der Waals surface area contributed by atoms with Crippen molar-refractivity contribution in [3.8, 4) is 12.1 Å². The fourth-order valence-corrected chi connectivity index (χ4v) is 1.73. The first kappa shape index (κ1) is 16.6. The van der Waals surface area contributed by atoms with Crippen LogP contribution in [-0.4, -0.2) is 44.2 Å². The minimum atomic E-state index is -0.159. The molecule has 0 aliphatic rings. The lowest BCUT2D eigenvalue weighted by atomic mass is 10.2. The van der Waals surface area contributed by atoms with E-state index in [1.165, 1.54) is 0 Å². The van der Waals surface area contributed by atoms with Crippen LogP contribution in [0.1, 0.15) is 12.0 Å². The number of nitrogens with one attached hydrogen (secondary N) is 1. The van der Waals surface area contributed by atoms with Crippen molar-refractivity contribution in [1.82, 2.24) is 4.90 Å². The highest BCUT2D eigenvalue weighted by Crippen LogP contribution is 2.08. The molecule has 0 heterocycles. The Bertz CT molecular complexity index is 528. The molecule has 1 amide bonds. The number of nitrogens with zero attached hydrogens (tertiary/aromatic N) is 3. The smallest absolute Gasteiger partial charge is 0.238 e. The molecular formula is C15H18N4O2. The monoisotopic (exact) mass is 286 g/mol. The van der Waals surface area contributed by atoms with Gasteiger partial charge in [-0.3, -0.25) is 9.69 Å². The van der Waals surface area contributed by atoms with E-state index in [1.54, 1.807) is 31.4 Å². The molecule has 6 nitrogen and oxygen atoms in total. The van der Waals surface area contributed by atoms with Gasteiger partial charge in [-0.15, -0.1) is 0 Å². The third-order valence-electron chi connectivity index (χ3n) is 2.82. The third kappa shape index (κ3) is 6.53. The van der Waals surface area contributed by atoms with E-state index in [9.17, 15) is 4.79 Å². The number of ether oxygens (including phenoxy) is 1. The first-order chi connectivity index (χ1) is 10.2. The summed E-state index contributed by atoms with van der Waals surface area (Å²) < 4.78 is 4.99. The lowest BCUT2D eigenvalue weighted by molar-refractivity contribution is -0.117. The maximum Gasteiger partial charge on any atom is 0.238 e. The minimum absolute atomic E-state index is 0.159. The van der Waals surface area contributed by atoms with Crippen LogP contribution in [-0.2, 0) is 9.53 Å². The van der Waals surface area contributed by atoms with Crippen molar-refractivity contribution in [2.75, 3.05) is 38.7 Å². The van der Waals surface area contributed by atoms with Crippen molar-refractivity contribution in [3.63, 3.8) is 0 Å². The van der Waals surface area contributed by atoms with E-state index in [-0.39, 0.29) is 12.5 Å². The van der Waals surface area contributed by atoms with E-state index in [0.29, 0.717) is 37.4 Å². The predicted octanol–water partition coefficient (Wildman–Crippen LogP) is 1.36. The van der Waals surface area contributed by atoms with Gasteiger partial charge >= 0.3 is 0 Å². The Balaban J connectivity index is 2.51. The molecule has 1 aromatic carbocycles. The number of carbonyl (C=O) groups excluding carboxylic acids is 1. The summed E-state index contributed by atoms with van der Waals surface area (Å²) in [5.41, 5.74) is 1.19. The van der Waals surface area contributed by atoms with Gasteiger partial charge in [-0.2, -0.15) is 10.5 Å². The molecule has 1 rings (SSSR count). The van der Waals surface area contributed by atoms with Crippen molar-refractivity contribution in [2.45, 2.75) is 6.42 Å². The fourth-order valence-electron chi connectivity index (χ4n) is 1.73. The third-order valence-corrected chi connectivity index (χ3v) is 2.82. The van der Waals surface area contributed by atoms with Gasteiger partial charge in [-0.1, -0.05) is 0 Å². The summed E-state index contributed by atoms with van der Waals surface area (Å²) >= 11 is 0. The van der Waals surface area contributed by atoms with Crippen LogP contribution in [0.4, 0.5) is 5.69 Å². The van der Waals surface area contributed by atoms with Crippen LogP contribution in [0.5, 0.6) is 0 Å². The van der Waals surface area contributed by atoms with Gasteiger partial charge in [0.1, 0.15) is 0 Å². The van der Waals surface area contributed by atoms with Crippen LogP contribution in [0.3, 0.4) is 0 Å². The van der Waals surface area contributed by atoms with Crippen molar-refractivity contribution in [2.24, 2.45) is 0 Å². The highest BCUT2D eigenvalue weighted by molar-refractivity contribution is 5.92. The molecule has 21 heavy (non-hydrogen) atoms. The van der Waals surface area contributed by atoms with Crippen LogP contribution in [0.15, 0.2) is 24.3 Å². The van der Waals surface area contributed by atoms with Gasteiger partial charge < -0.3 is 10.1 Å². The lowest BCUT2D eigenvalue weighted by Gasteiger charge is -2.20. The highest BCUT2D eigenvalue weighted by atomic mass is 16.5. The number of benzene rings is 1. The van der Waals surface area contributed by atoms with Crippen molar-refractivity contribution < 1.29 is 9.53 Å². The average Bonchev–Trinajstić information content (AvgIpc) is 2.50. The number of amides is 1. The maximum absolute atomic E-state index is 12.0. The largest absolute Gasteiger partial charge is 0.383 e. The zero-order valence-electron chi connectivity index (χ0n) is 12.0. The van der Waals surface area contributed by atoms with E-state index < -0.39 is 0 Å². The van der Waals surface area contributed by atoms with Crippen molar-refractivity contribution >= 4 is 11.6 Å². The molecule has 0 aromatic heterocycles. The molecule has 0 saturated heterocycles. The normalized spacial score (nSPS) is 9.90. The van der Waals surface area contributed by atoms with Gasteiger partial charge in [0, 0.05) is 32.3 Å². The lowest BCUT2D eigenvalue weighted by Crippen LogP contribution is -2.36. The van der Waals surface area contributed by atoms with E-state index in [0.717, 1.165) is 0 Å². The van der Waals surface area contributed by atoms with Crippen molar-refractivity contribution in [3.05, 3.63) is 29.8 Å². The Hall–Kier alpha value is -2.41. The standard InChI is InChI=1S/C15H18N4O2/c1-21-10-9-19(8-2-7-16)12-15(20)18-14-5-3-13(11-17)4-6-14/h3-6H,2,8-10,12H2,1H3,(H,18,20). The zero-order valence-corrected chi connectivity index (χ0v) is 12.0. The number of anilines is 1. The molecule has 6 heteroatoms. The van der Waals surface area contributed by atoms with Gasteiger partial charge in [-0.05, 0) is 24.3 Å². The summed E-state index contributed by atoms with van der Waals surface area (Å²) in [7, 11) is 1.60. The second-order valence-electron chi connectivity index (χ2n) is 4.41. The van der Waals surface area contributed by atoms with E-state index in [1.807, 2.05) is 11.0 Å².